The predicted octanol–water partition coefficient (Wildman–Crippen LogP) is 4.38. The molecule has 1 rings (SSSR count). The number of nitrogens with one attached hydrogen (secondary N) is 2. The van der Waals surface area contributed by atoms with Crippen LogP contribution < -0.4 is 10.6 Å². The molecule has 2 amide bonds. The average molecular weight is 308 g/mol. The Labute approximate surface area is 131 Å². The van der Waals surface area contributed by atoms with Crippen molar-refractivity contribution in [1.82, 2.24) is 0 Å². The monoisotopic (exact) mass is 308 g/mol. The van der Waals surface area contributed by atoms with Gasteiger partial charge in [-0.3, -0.25) is 10.6 Å². The quantitative estimate of drug-likeness (QED) is 0.698. The molecule has 0 radical (unpaired) electrons. The third-order valence-corrected chi connectivity index (χ3v) is 2.82. The zero-order valence-electron chi connectivity index (χ0n) is 13.2. The zero-order valence-corrected chi connectivity index (χ0v) is 13.2. The molecule has 0 fully saturated rings. The SMILES string of the molecule is CCCCOC(=O)Nc1cccc(NC(=O)OCCCC)c1. The van der Waals surface area contributed by atoms with Gasteiger partial charge in [-0.2, -0.15) is 0 Å². The highest BCUT2D eigenvalue weighted by Crippen LogP contribution is 2.15. The van der Waals surface area contributed by atoms with Crippen molar-refractivity contribution in [2.75, 3.05) is 23.8 Å². The van der Waals surface area contributed by atoms with Gasteiger partial charge < -0.3 is 9.47 Å². The summed E-state index contributed by atoms with van der Waals surface area (Å²) in [6, 6.07) is 6.80. The highest BCUT2D eigenvalue weighted by atomic mass is 16.6. The minimum atomic E-state index is -0.504. The molecule has 2 N–H and O–H groups in total. The van der Waals surface area contributed by atoms with Gasteiger partial charge in [-0.05, 0) is 31.0 Å². The molecule has 0 saturated heterocycles. The molecule has 1 aromatic carbocycles. The molecule has 1 aromatic rings. The van der Waals surface area contributed by atoms with Crippen molar-refractivity contribution >= 4 is 23.6 Å². The van der Waals surface area contributed by atoms with Crippen molar-refractivity contribution in [1.29, 1.82) is 0 Å². The molecule has 0 aromatic heterocycles. The number of benzene rings is 1. The van der Waals surface area contributed by atoms with Crippen LogP contribution in [-0.4, -0.2) is 25.4 Å². The minimum absolute atomic E-state index is 0.393. The molecular weight excluding hydrogens is 284 g/mol. The summed E-state index contributed by atoms with van der Waals surface area (Å²) in [5, 5.41) is 5.23. The highest BCUT2D eigenvalue weighted by molar-refractivity contribution is 5.88. The van der Waals surface area contributed by atoms with Gasteiger partial charge in [0, 0.05) is 11.4 Å². The van der Waals surface area contributed by atoms with Crippen LogP contribution in [0.2, 0.25) is 0 Å². The number of amides is 2. The molecule has 6 nitrogen and oxygen atoms in total. The van der Waals surface area contributed by atoms with E-state index in [4.69, 9.17) is 9.47 Å². The summed E-state index contributed by atoms with van der Waals surface area (Å²) in [5.41, 5.74) is 1.10. The number of carbonyl (C=O) groups is 2. The van der Waals surface area contributed by atoms with Gasteiger partial charge in [0.2, 0.25) is 0 Å². The topological polar surface area (TPSA) is 76.7 Å². The first-order valence-corrected chi connectivity index (χ1v) is 7.63. The van der Waals surface area contributed by atoms with Crippen LogP contribution in [0.3, 0.4) is 0 Å². The molecule has 0 aliphatic heterocycles. The number of hydrogen-bond donors (Lipinski definition) is 2. The van der Waals surface area contributed by atoms with E-state index in [0.29, 0.717) is 24.6 Å². The Morgan fingerprint density at radius 1 is 0.909 bits per heavy atom. The Kier molecular flexibility index (Phi) is 8.49. The van der Waals surface area contributed by atoms with Crippen LogP contribution in [0.5, 0.6) is 0 Å². The molecule has 0 aliphatic carbocycles. The van der Waals surface area contributed by atoms with Crippen molar-refractivity contribution in [3.05, 3.63) is 24.3 Å². The van der Waals surface area contributed by atoms with E-state index >= 15 is 0 Å². The molecule has 22 heavy (non-hydrogen) atoms. The Morgan fingerprint density at radius 2 is 1.36 bits per heavy atom. The fraction of sp³-hybridized carbons (Fsp3) is 0.500. The van der Waals surface area contributed by atoms with Gasteiger partial charge in [-0.15, -0.1) is 0 Å². The van der Waals surface area contributed by atoms with Crippen molar-refractivity contribution in [3.63, 3.8) is 0 Å². The summed E-state index contributed by atoms with van der Waals surface area (Å²) in [5.74, 6) is 0. The van der Waals surface area contributed by atoms with Gasteiger partial charge in [-0.25, -0.2) is 9.59 Å². The van der Waals surface area contributed by atoms with Crippen molar-refractivity contribution < 1.29 is 19.1 Å². The molecule has 6 heteroatoms. The molecule has 0 atom stereocenters. The molecule has 0 bridgehead atoms. The molecule has 0 saturated carbocycles. The first-order chi connectivity index (χ1) is 10.7. The second kappa shape index (κ2) is 10.5. The summed E-state index contributed by atoms with van der Waals surface area (Å²) in [6.07, 6.45) is 2.59. The summed E-state index contributed by atoms with van der Waals surface area (Å²) in [6.45, 7) is 4.83. The first kappa shape index (κ1) is 17.8. The second-order valence-corrected chi connectivity index (χ2v) is 4.81. The van der Waals surface area contributed by atoms with Gasteiger partial charge in [0.05, 0.1) is 13.2 Å². The van der Waals surface area contributed by atoms with Crippen LogP contribution in [0.25, 0.3) is 0 Å². The minimum Gasteiger partial charge on any atom is -0.449 e. The largest absolute Gasteiger partial charge is 0.449 e. The van der Waals surface area contributed by atoms with Crippen molar-refractivity contribution in [2.24, 2.45) is 0 Å². The van der Waals surface area contributed by atoms with E-state index < -0.39 is 12.2 Å². The van der Waals surface area contributed by atoms with Crippen LogP contribution in [0.1, 0.15) is 39.5 Å². The lowest BCUT2D eigenvalue weighted by Gasteiger charge is -2.09. The number of anilines is 2. The Bertz CT molecular complexity index is 438. The summed E-state index contributed by atoms with van der Waals surface area (Å²) < 4.78 is 10.0. The van der Waals surface area contributed by atoms with Crippen LogP contribution in [-0.2, 0) is 9.47 Å². The molecule has 0 unspecified atom stereocenters. The third-order valence-electron chi connectivity index (χ3n) is 2.82. The lowest BCUT2D eigenvalue weighted by atomic mass is 10.3. The van der Waals surface area contributed by atoms with E-state index in [0.717, 1.165) is 25.7 Å². The number of hydrogen-bond acceptors (Lipinski definition) is 4. The van der Waals surface area contributed by atoms with Gasteiger partial charge in [0.25, 0.3) is 0 Å². The van der Waals surface area contributed by atoms with Crippen LogP contribution >= 0.6 is 0 Å². The predicted molar refractivity (Wildman–Crippen MR) is 86.2 cm³/mol. The second-order valence-electron chi connectivity index (χ2n) is 4.81. The Balaban J connectivity index is 2.44. The summed E-state index contributed by atoms with van der Waals surface area (Å²) in [7, 11) is 0. The van der Waals surface area contributed by atoms with Gasteiger partial charge >= 0.3 is 12.2 Å². The van der Waals surface area contributed by atoms with Gasteiger partial charge in [-0.1, -0.05) is 32.8 Å². The van der Waals surface area contributed by atoms with E-state index in [2.05, 4.69) is 10.6 Å². The smallest absolute Gasteiger partial charge is 0.411 e. The Morgan fingerprint density at radius 3 is 1.77 bits per heavy atom. The molecule has 0 spiro atoms. The maximum absolute atomic E-state index is 11.5. The van der Waals surface area contributed by atoms with E-state index in [1.165, 1.54) is 0 Å². The van der Waals surface area contributed by atoms with Gasteiger partial charge in [0.15, 0.2) is 0 Å². The standard InChI is InChI=1S/C16H24N2O4/c1-3-5-10-21-15(19)17-13-8-7-9-14(12-13)18-16(20)22-11-6-4-2/h7-9,12H,3-6,10-11H2,1-2H3,(H,17,19)(H,18,20). The van der Waals surface area contributed by atoms with E-state index in [1.807, 2.05) is 13.8 Å². The number of rotatable bonds is 8. The Hall–Kier alpha value is -2.24. The van der Waals surface area contributed by atoms with E-state index in [-0.39, 0.29) is 0 Å². The average Bonchev–Trinajstić information content (AvgIpc) is 2.48. The normalized spacial score (nSPS) is 9.91. The van der Waals surface area contributed by atoms with Crippen LogP contribution in [0, 0.1) is 0 Å². The number of carbonyl (C=O) groups excluding carboxylic acids is 2. The van der Waals surface area contributed by atoms with E-state index in [9.17, 15) is 9.59 Å². The molecule has 122 valence electrons. The van der Waals surface area contributed by atoms with Crippen molar-refractivity contribution in [3.8, 4) is 0 Å². The maximum atomic E-state index is 11.5. The summed E-state index contributed by atoms with van der Waals surface area (Å²) in [4.78, 5) is 23.1. The van der Waals surface area contributed by atoms with Crippen LogP contribution in [0.15, 0.2) is 24.3 Å². The number of unbranched alkanes of at least 4 members (excludes halogenated alkanes) is 2. The third kappa shape index (κ3) is 7.52. The lowest BCUT2D eigenvalue weighted by molar-refractivity contribution is 0.159. The molecule has 0 aliphatic rings. The fourth-order valence-electron chi connectivity index (χ4n) is 1.60. The van der Waals surface area contributed by atoms with Crippen LogP contribution in [0.4, 0.5) is 21.0 Å². The highest BCUT2D eigenvalue weighted by Gasteiger charge is 2.06. The fourth-order valence-corrected chi connectivity index (χ4v) is 1.60. The number of ether oxygens (including phenoxy) is 2. The lowest BCUT2D eigenvalue weighted by Crippen LogP contribution is -2.16. The summed E-state index contributed by atoms with van der Waals surface area (Å²) >= 11 is 0. The molecular formula is C16H24N2O4. The zero-order chi connectivity index (χ0) is 16.2. The molecule has 0 heterocycles. The van der Waals surface area contributed by atoms with Gasteiger partial charge in [0.1, 0.15) is 0 Å². The first-order valence-electron chi connectivity index (χ1n) is 7.63. The maximum Gasteiger partial charge on any atom is 0.411 e. The van der Waals surface area contributed by atoms with E-state index in [1.54, 1.807) is 24.3 Å². The van der Waals surface area contributed by atoms with Crippen molar-refractivity contribution in [2.45, 2.75) is 39.5 Å².